The Morgan fingerprint density at radius 2 is 1.79 bits per heavy atom. The Balaban J connectivity index is 0.000000255. The summed E-state index contributed by atoms with van der Waals surface area (Å²) in [5.41, 5.74) is 1.41. The zero-order valence-corrected chi connectivity index (χ0v) is 9.33. The van der Waals surface area contributed by atoms with Crippen molar-refractivity contribution in [3.63, 3.8) is 0 Å². The van der Waals surface area contributed by atoms with Crippen LogP contribution in [-0.4, -0.2) is 25.5 Å². The Hall–Kier alpha value is -1.26. The van der Waals surface area contributed by atoms with Gasteiger partial charge in [0, 0.05) is 0 Å². The topological polar surface area (TPSA) is 3.24 Å². The molecule has 1 aromatic carbocycles. The fourth-order valence-electron chi connectivity index (χ4n) is 0.896. The summed E-state index contributed by atoms with van der Waals surface area (Å²) >= 11 is 0. The molecule has 0 unspecified atom stereocenters. The predicted octanol–water partition coefficient (Wildman–Crippen LogP) is 2.43. The van der Waals surface area contributed by atoms with Crippen LogP contribution in [-0.2, 0) is 6.42 Å². The van der Waals surface area contributed by atoms with Crippen LogP contribution >= 0.6 is 0 Å². The van der Waals surface area contributed by atoms with E-state index in [2.05, 4.69) is 37.1 Å². The van der Waals surface area contributed by atoms with Gasteiger partial charge in [-0.05, 0) is 26.1 Å². The van der Waals surface area contributed by atoms with Crippen molar-refractivity contribution in [1.29, 1.82) is 0 Å². The van der Waals surface area contributed by atoms with Gasteiger partial charge in [0.25, 0.3) is 0 Å². The Labute approximate surface area is 87.8 Å². The lowest BCUT2D eigenvalue weighted by molar-refractivity contribution is 0.464. The van der Waals surface area contributed by atoms with Crippen LogP contribution in [0.15, 0.2) is 30.3 Å². The van der Waals surface area contributed by atoms with E-state index in [-0.39, 0.29) is 0 Å². The largest absolute Gasteiger partial charge is 0.299 e. The fourth-order valence-corrected chi connectivity index (χ4v) is 0.896. The Morgan fingerprint density at radius 3 is 2.00 bits per heavy atom. The van der Waals surface area contributed by atoms with Crippen molar-refractivity contribution in [3.05, 3.63) is 35.9 Å². The van der Waals surface area contributed by atoms with Gasteiger partial charge in [-0.2, -0.15) is 0 Å². The molecule has 0 aliphatic heterocycles. The molecular weight excluding hydrogens is 170 g/mol. The highest BCUT2D eigenvalue weighted by atomic mass is 15.0. The van der Waals surface area contributed by atoms with E-state index in [1.165, 1.54) is 5.56 Å². The number of terminal acetylenes is 1. The maximum absolute atomic E-state index is 4.94. The molecule has 1 heteroatoms. The molecule has 0 bridgehead atoms. The van der Waals surface area contributed by atoms with Gasteiger partial charge in [0.05, 0.1) is 6.54 Å². The number of hydrogen-bond donors (Lipinski definition) is 0. The van der Waals surface area contributed by atoms with Crippen LogP contribution in [0.2, 0.25) is 0 Å². The molecule has 0 N–H and O–H groups in total. The minimum Gasteiger partial charge on any atom is -0.299 e. The summed E-state index contributed by atoms with van der Waals surface area (Å²) < 4.78 is 0. The lowest BCUT2D eigenvalue weighted by Gasteiger charge is -1.99. The van der Waals surface area contributed by atoms with Crippen molar-refractivity contribution in [2.75, 3.05) is 20.6 Å². The van der Waals surface area contributed by atoms with Gasteiger partial charge in [-0.3, -0.25) is 4.90 Å². The molecule has 0 fully saturated rings. The van der Waals surface area contributed by atoms with Gasteiger partial charge in [0.1, 0.15) is 0 Å². The molecule has 14 heavy (non-hydrogen) atoms. The van der Waals surface area contributed by atoms with Crippen LogP contribution < -0.4 is 0 Å². The van der Waals surface area contributed by atoms with Gasteiger partial charge in [0.2, 0.25) is 0 Å². The molecule has 0 aliphatic rings. The normalized spacial score (nSPS) is 8.79. The smallest absolute Gasteiger partial charge is 0.0593 e. The summed E-state index contributed by atoms with van der Waals surface area (Å²) in [5.74, 6) is 2.49. The first kappa shape index (κ1) is 12.7. The molecular formula is C13H19N. The third-order valence-corrected chi connectivity index (χ3v) is 1.66. The molecule has 0 aliphatic carbocycles. The zero-order chi connectivity index (χ0) is 10.8. The minimum atomic E-state index is 0.736. The molecule has 0 aromatic heterocycles. The van der Waals surface area contributed by atoms with Crippen molar-refractivity contribution >= 4 is 0 Å². The molecule has 1 nitrogen and oxygen atoms in total. The van der Waals surface area contributed by atoms with E-state index in [0.29, 0.717) is 0 Å². The van der Waals surface area contributed by atoms with E-state index in [1.807, 2.05) is 25.1 Å². The first-order valence-corrected chi connectivity index (χ1v) is 4.82. The molecule has 0 radical (unpaired) electrons. The van der Waals surface area contributed by atoms with E-state index in [1.54, 1.807) is 0 Å². The summed E-state index contributed by atoms with van der Waals surface area (Å²) in [5, 5.41) is 0. The van der Waals surface area contributed by atoms with Gasteiger partial charge in [-0.25, -0.2) is 0 Å². The third-order valence-electron chi connectivity index (χ3n) is 1.66. The second-order valence-corrected chi connectivity index (χ2v) is 3.28. The molecule has 0 amide bonds. The van der Waals surface area contributed by atoms with Crippen LogP contribution in [0.4, 0.5) is 0 Å². The average Bonchev–Trinajstić information content (AvgIpc) is 2.20. The van der Waals surface area contributed by atoms with Crippen molar-refractivity contribution < 1.29 is 0 Å². The van der Waals surface area contributed by atoms with Gasteiger partial charge < -0.3 is 0 Å². The number of aryl methyl sites for hydroxylation is 1. The first-order valence-electron chi connectivity index (χ1n) is 4.82. The number of benzene rings is 1. The molecule has 0 saturated heterocycles. The van der Waals surface area contributed by atoms with Crippen molar-refractivity contribution in [1.82, 2.24) is 4.90 Å². The van der Waals surface area contributed by atoms with E-state index in [9.17, 15) is 0 Å². The summed E-state index contributed by atoms with van der Waals surface area (Å²) in [6, 6.07) is 10.5. The lowest BCUT2D eigenvalue weighted by atomic mass is 10.2. The van der Waals surface area contributed by atoms with Crippen LogP contribution in [0.25, 0.3) is 0 Å². The second kappa shape index (κ2) is 8.34. The average molecular weight is 189 g/mol. The first-order chi connectivity index (χ1) is 6.70. The van der Waals surface area contributed by atoms with Gasteiger partial charge in [0.15, 0.2) is 0 Å². The number of nitrogens with zero attached hydrogens (tertiary/aromatic N) is 1. The molecule has 0 heterocycles. The highest BCUT2D eigenvalue weighted by molar-refractivity contribution is 5.13. The SMILES string of the molecule is C#CCN(C)C.CCc1ccccc1. The zero-order valence-electron chi connectivity index (χ0n) is 9.33. The van der Waals surface area contributed by atoms with Gasteiger partial charge in [-0.15, -0.1) is 6.42 Å². The second-order valence-electron chi connectivity index (χ2n) is 3.28. The monoisotopic (exact) mass is 189 g/mol. The quantitative estimate of drug-likeness (QED) is 0.646. The maximum Gasteiger partial charge on any atom is 0.0593 e. The van der Waals surface area contributed by atoms with E-state index < -0.39 is 0 Å². The summed E-state index contributed by atoms with van der Waals surface area (Å²) in [6.45, 7) is 2.90. The Bertz CT molecular complexity index is 256. The Kier molecular flexibility index (Phi) is 7.59. The third kappa shape index (κ3) is 7.39. The van der Waals surface area contributed by atoms with E-state index in [4.69, 9.17) is 6.42 Å². The molecule has 1 aromatic rings. The van der Waals surface area contributed by atoms with Gasteiger partial charge in [-0.1, -0.05) is 43.2 Å². The molecule has 1 rings (SSSR count). The summed E-state index contributed by atoms with van der Waals surface area (Å²) in [4.78, 5) is 1.94. The highest BCUT2D eigenvalue weighted by Gasteiger charge is 1.80. The lowest BCUT2D eigenvalue weighted by Crippen LogP contribution is -2.10. The van der Waals surface area contributed by atoms with Gasteiger partial charge >= 0.3 is 0 Å². The van der Waals surface area contributed by atoms with Crippen LogP contribution in [0.3, 0.4) is 0 Å². The molecule has 76 valence electrons. The van der Waals surface area contributed by atoms with Crippen molar-refractivity contribution in [3.8, 4) is 12.3 Å². The Morgan fingerprint density at radius 1 is 1.21 bits per heavy atom. The standard InChI is InChI=1S/C8H10.C5H9N/c1-2-8-6-4-3-5-7-8;1-4-5-6(2)3/h3-7H,2H2,1H3;1H,5H2,2-3H3. The highest BCUT2D eigenvalue weighted by Crippen LogP contribution is 1.96. The molecule has 0 atom stereocenters. The number of rotatable bonds is 2. The van der Waals surface area contributed by atoms with E-state index in [0.717, 1.165) is 13.0 Å². The van der Waals surface area contributed by atoms with E-state index >= 15 is 0 Å². The van der Waals surface area contributed by atoms with Crippen molar-refractivity contribution in [2.45, 2.75) is 13.3 Å². The fraction of sp³-hybridized carbons (Fsp3) is 0.385. The minimum absolute atomic E-state index is 0.736. The maximum atomic E-state index is 4.94. The van der Waals surface area contributed by atoms with Crippen LogP contribution in [0.1, 0.15) is 12.5 Å². The van der Waals surface area contributed by atoms with Crippen LogP contribution in [0, 0.1) is 12.3 Å². The summed E-state index contributed by atoms with van der Waals surface area (Å²) in [6.07, 6.45) is 6.08. The van der Waals surface area contributed by atoms with Crippen molar-refractivity contribution in [2.24, 2.45) is 0 Å². The number of hydrogen-bond acceptors (Lipinski definition) is 1. The molecule has 0 saturated carbocycles. The predicted molar refractivity (Wildman–Crippen MR) is 63.2 cm³/mol. The van der Waals surface area contributed by atoms with Crippen LogP contribution in [0.5, 0.6) is 0 Å². The molecule has 0 spiro atoms. The summed E-state index contributed by atoms with van der Waals surface area (Å²) in [7, 11) is 3.89.